The maximum atomic E-state index is 8.85. The quantitative estimate of drug-likeness (QED) is 0.691. The number of allylic oxidation sites excluding steroid dienone is 1. The molecule has 0 amide bonds. The second-order valence-corrected chi connectivity index (χ2v) is 4.74. The molecule has 0 saturated heterocycles. The van der Waals surface area contributed by atoms with Gasteiger partial charge in [-0.3, -0.25) is 0 Å². The van der Waals surface area contributed by atoms with E-state index in [0.29, 0.717) is 17.0 Å². The molecule has 1 heterocycles. The SMILES string of the molecule is CCC(C#N)=C(Cl)c1cc(C)c(C)s1. The van der Waals surface area contributed by atoms with Crippen molar-refractivity contribution in [2.24, 2.45) is 0 Å². The number of halogens is 1. The fourth-order valence-corrected chi connectivity index (χ4v) is 2.46. The molecule has 0 atom stereocenters. The van der Waals surface area contributed by atoms with Gasteiger partial charge in [-0.1, -0.05) is 18.5 Å². The van der Waals surface area contributed by atoms with Gasteiger partial charge in [0.25, 0.3) is 0 Å². The first-order chi connectivity index (χ1) is 6.60. The summed E-state index contributed by atoms with van der Waals surface area (Å²) >= 11 is 7.77. The summed E-state index contributed by atoms with van der Waals surface area (Å²) in [6.07, 6.45) is 0.686. The van der Waals surface area contributed by atoms with Gasteiger partial charge in [0.05, 0.1) is 11.1 Å². The first-order valence-corrected chi connectivity index (χ1v) is 5.65. The molecule has 0 fully saturated rings. The van der Waals surface area contributed by atoms with Crippen molar-refractivity contribution in [1.29, 1.82) is 5.26 Å². The van der Waals surface area contributed by atoms with E-state index in [1.54, 1.807) is 11.3 Å². The van der Waals surface area contributed by atoms with Crippen molar-refractivity contribution in [2.75, 3.05) is 0 Å². The zero-order valence-corrected chi connectivity index (χ0v) is 10.1. The third-order valence-corrected chi connectivity index (χ3v) is 3.85. The lowest BCUT2D eigenvalue weighted by molar-refractivity contribution is 1.16. The molecule has 0 saturated carbocycles. The minimum Gasteiger partial charge on any atom is -0.193 e. The van der Waals surface area contributed by atoms with Gasteiger partial charge in [-0.2, -0.15) is 5.26 Å². The van der Waals surface area contributed by atoms with Gasteiger partial charge in [0.1, 0.15) is 0 Å². The molecule has 0 radical (unpaired) electrons. The van der Waals surface area contributed by atoms with Gasteiger partial charge in [-0.25, -0.2) is 0 Å². The molecule has 0 aliphatic heterocycles. The molecule has 0 bridgehead atoms. The predicted octanol–water partition coefficient (Wildman–Crippen LogP) is 4.25. The molecular weight excluding hydrogens is 214 g/mol. The molecule has 1 rings (SSSR count). The Morgan fingerprint density at radius 1 is 1.57 bits per heavy atom. The second kappa shape index (κ2) is 4.63. The molecule has 14 heavy (non-hydrogen) atoms. The predicted molar refractivity (Wildman–Crippen MR) is 62.5 cm³/mol. The highest BCUT2D eigenvalue weighted by molar-refractivity contribution is 7.14. The van der Waals surface area contributed by atoms with Crippen molar-refractivity contribution in [3.8, 4) is 6.07 Å². The van der Waals surface area contributed by atoms with Gasteiger partial charge in [0.15, 0.2) is 0 Å². The molecule has 0 aliphatic rings. The first kappa shape index (κ1) is 11.3. The van der Waals surface area contributed by atoms with Crippen LogP contribution in [-0.2, 0) is 0 Å². The molecule has 1 aromatic heterocycles. The van der Waals surface area contributed by atoms with Crippen molar-refractivity contribution < 1.29 is 0 Å². The van der Waals surface area contributed by atoms with Gasteiger partial charge >= 0.3 is 0 Å². The highest BCUT2D eigenvalue weighted by Gasteiger charge is 2.09. The zero-order valence-electron chi connectivity index (χ0n) is 8.52. The number of hydrogen-bond donors (Lipinski definition) is 0. The van der Waals surface area contributed by atoms with Crippen LogP contribution in [0, 0.1) is 25.2 Å². The monoisotopic (exact) mass is 225 g/mol. The van der Waals surface area contributed by atoms with E-state index in [4.69, 9.17) is 16.9 Å². The molecule has 0 aliphatic carbocycles. The summed E-state index contributed by atoms with van der Waals surface area (Å²) in [6.45, 7) is 6.05. The van der Waals surface area contributed by atoms with Crippen LogP contribution in [0.3, 0.4) is 0 Å². The van der Waals surface area contributed by atoms with E-state index in [0.717, 1.165) is 4.88 Å². The van der Waals surface area contributed by atoms with Gasteiger partial charge in [0.2, 0.25) is 0 Å². The number of nitrogens with zero attached hydrogens (tertiary/aromatic N) is 1. The minimum absolute atomic E-state index is 0.608. The van der Waals surface area contributed by atoms with Gasteiger partial charge in [-0.15, -0.1) is 11.3 Å². The molecule has 0 aromatic carbocycles. The van der Waals surface area contributed by atoms with Crippen molar-refractivity contribution in [3.63, 3.8) is 0 Å². The highest BCUT2D eigenvalue weighted by atomic mass is 35.5. The largest absolute Gasteiger partial charge is 0.193 e. The third kappa shape index (κ3) is 2.17. The molecule has 1 aromatic rings. The normalized spacial score (nSPS) is 12.2. The van der Waals surface area contributed by atoms with Gasteiger partial charge < -0.3 is 0 Å². The summed E-state index contributed by atoms with van der Waals surface area (Å²) < 4.78 is 0. The summed E-state index contributed by atoms with van der Waals surface area (Å²) in [5, 5.41) is 9.45. The molecule has 0 spiro atoms. The van der Waals surface area contributed by atoms with Crippen molar-refractivity contribution in [3.05, 3.63) is 27.0 Å². The van der Waals surface area contributed by atoms with Crippen LogP contribution in [0.4, 0.5) is 0 Å². The summed E-state index contributed by atoms with van der Waals surface area (Å²) in [4.78, 5) is 2.26. The lowest BCUT2D eigenvalue weighted by Crippen LogP contribution is -1.79. The lowest BCUT2D eigenvalue weighted by atomic mass is 10.2. The van der Waals surface area contributed by atoms with E-state index in [-0.39, 0.29) is 0 Å². The Bertz CT molecular complexity index is 390. The highest BCUT2D eigenvalue weighted by Crippen LogP contribution is 2.32. The molecule has 1 nitrogen and oxygen atoms in total. The lowest BCUT2D eigenvalue weighted by Gasteiger charge is -1.96. The minimum atomic E-state index is 0.608. The molecule has 3 heteroatoms. The Balaban J connectivity index is 3.18. The first-order valence-electron chi connectivity index (χ1n) is 4.46. The smallest absolute Gasteiger partial charge is 0.0963 e. The summed E-state index contributed by atoms with van der Waals surface area (Å²) in [6, 6.07) is 4.17. The Morgan fingerprint density at radius 2 is 2.21 bits per heavy atom. The fraction of sp³-hybridized carbons (Fsp3) is 0.364. The topological polar surface area (TPSA) is 23.8 Å². The Kier molecular flexibility index (Phi) is 3.74. The average Bonchev–Trinajstić information content (AvgIpc) is 2.49. The van der Waals surface area contributed by atoms with Crippen LogP contribution in [0.1, 0.15) is 28.7 Å². The number of hydrogen-bond acceptors (Lipinski definition) is 2. The Labute approximate surface area is 93.6 Å². The van der Waals surface area contributed by atoms with Crippen LogP contribution in [-0.4, -0.2) is 0 Å². The second-order valence-electron chi connectivity index (χ2n) is 3.11. The third-order valence-electron chi connectivity index (χ3n) is 2.14. The summed E-state index contributed by atoms with van der Waals surface area (Å²) in [7, 11) is 0. The average molecular weight is 226 g/mol. The van der Waals surface area contributed by atoms with Crippen LogP contribution in [0.2, 0.25) is 0 Å². The summed E-state index contributed by atoms with van der Waals surface area (Å²) in [5.74, 6) is 0. The van der Waals surface area contributed by atoms with E-state index in [1.807, 2.05) is 13.0 Å². The number of nitriles is 1. The molecule has 0 unspecified atom stereocenters. The van der Waals surface area contributed by atoms with E-state index < -0.39 is 0 Å². The van der Waals surface area contributed by atoms with Crippen molar-refractivity contribution in [1.82, 2.24) is 0 Å². The fourth-order valence-electron chi connectivity index (χ4n) is 1.11. The number of thiophene rings is 1. The van der Waals surface area contributed by atoms with Crippen LogP contribution < -0.4 is 0 Å². The molecule has 74 valence electrons. The van der Waals surface area contributed by atoms with Gasteiger partial charge in [-0.05, 0) is 31.9 Å². The molecular formula is C11H12ClNS. The van der Waals surface area contributed by atoms with Crippen LogP contribution >= 0.6 is 22.9 Å². The van der Waals surface area contributed by atoms with Crippen molar-refractivity contribution >= 4 is 28.0 Å². The number of aryl methyl sites for hydroxylation is 2. The Morgan fingerprint density at radius 3 is 2.57 bits per heavy atom. The Hall–Kier alpha value is -0.780. The van der Waals surface area contributed by atoms with E-state index in [2.05, 4.69) is 19.9 Å². The number of rotatable bonds is 2. The maximum absolute atomic E-state index is 8.85. The van der Waals surface area contributed by atoms with Gasteiger partial charge in [0, 0.05) is 15.3 Å². The maximum Gasteiger partial charge on any atom is 0.0963 e. The van der Waals surface area contributed by atoms with Crippen LogP contribution in [0.15, 0.2) is 11.6 Å². The zero-order chi connectivity index (χ0) is 10.7. The van der Waals surface area contributed by atoms with E-state index >= 15 is 0 Å². The van der Waals surface area contributed by atoms with E-state index in [9.17, 15) is 0 Å². The van der Waals surface area contributed by atoms with Crippen molar-refractivity contribution in [2.45, 2.75) is 27.2 Å². The van der Waals surface area contributed by atoms with Crippen LogP contribution in [0.25, 0.3) is 5.03 Å². The summed E-state index contributed by atoms with van der Waals surface area (Å²) in [5.41, 5.74) is 1.89. The molecule has 0 N–H and O–H groups in total. The standard InChI is InChI=1S/C11H12ClNS/c1-4-9(6-13)11(12)10-5-7(2)8(3)14-10/h5H,4H2,1-3H3. The van der Waals surface area contributed by atoms with Crippen LogP contribution in [0.5, 0.6) is 0 Å². The van der Waals surface area contributed by atoms with E-state index in [1.165, 1.54) is 10.4 Å².